The van der Waals surface area contributed by atoms with Crippen molar-refractivity contribution in [2.75, 3.05) is 38.2 Å². The number of halogens is 1. The van der Waals surface area contributed by atoms with Crippen LogP contribution in [0.4, 0.5) is 15.4 Å². The zero-order valence-corrected chi connectivity index (χ0v) is 25.6. The van der Waals surface area contributed by atoms with Crippen molar-refractivity contribution >= 4 is 40.5 Å². The number of piperazine rings is 1. The number of methoxy groups -OCH3 is 1. The molecule has 0 unspecified atom stereocenters. The Balaban J connectivity index is 1.51. The summed E-state index contributed by atoms with van der Waals surface area (Å²) in [6, 6.07) is 13.8. The lowest BCUT2D eigenvalue weighted by atomic mass is 10.0. The highest BCUT2D eigenvalue weighted by Crippen LogP contribution is 2.33. The SMILES string of the molecule is COc1cc(CNC(=O)OC(C)(C)C)cc(-c2ccc3nc(N4CCN(C(=O)OC(C)(C)C)CC4)c(Cl)cc3c2)c1. The zero-order chi connectivity index (χ0) is 29.9. The van der Waals surface area contributed by atoms with Crippen LogP contribution < -0.4 is 15.0 Å². The van der Waals surface area contributed by atoms with Gasteiger partial charge in [0.2, 0.25) is 0 Å². The molecule has 4 rings (SSSR count). The second-order valence-electron chi connectivity index (χ2n) is 12.1. The molecule has 0 saturated carbocycles. The molecule has 10 heteroatoms. The number of amides is 2. The lowest BCUT2D eigenvalue weighted by Gasteiger charge is -2.36. The van der Waals surface area contributed by atoms with Crippen LogP contribution in [0.5, 0.6) is 5.75 Å². The molecule has 220 valence electrons. The number of ether oxygens (including phenoxy) is 3. The Morgan fingerprint density at radius 1 is 0.902 bits per heavy atom. The predicted molar refractivity (Wildman–Crippen MR) is 162 cm³/mol. The summed E-state index contributed by atoms with van der Waals surface area (Å²) in [6.07, 6.45) is -0.779. The quantitative estimate of drug-likeness (QED) is 0.360. The summed E-state index contributed by atoms with van der Waals surface area (Å²) in [5.74, 6) is 1.38. The number of rotatable bonds is 5. The van der Waals surface area contributed by atoms with E-state index in [0.29, 0.717) is 49.3 Å². The van der Waals surface area contributed by atoms with E-state index in [2.05, 4.69) is 10.2 Å². The number of aromatic nitrogens is 1. The number of alkyl carbamates (subject to hydrolysis) is 1. The molecule has 1 N–H and O–H groups in total. The van der Waals surface area contributed by atoms with Crippen molar-refractivity contribution in [1.29, 1.82) is 0 Å². The maximum atomic E-state index is 12.4. The van der Waals surface area contributed by atoms with Gasteiger partial charge in [0.15, 0.2) is 0 Å². The van der Waals surface area contributed by atoms with Crippen LogP contribution in [0.3, 0.4) is 0 Å². The third-order valence-corrected chi connectivity index (χ3v) is 6.63. The molecule has 3 aromatic rings. The number of anilines is 1. The average Bonchev–Trinajstić information content (AvgIpc) is 2.89. The van der Waals surface area contributed by atoms with Crippen molar-refractivity contribution in [3.63, 3.8) is 0 Å². The van der Waals surface area contributed by atoms with Crippen LogP contribution in [0.15, 0.2) is 42.5 Å². The molecule has 1 aromatic heterocycles. The Labute approximate surface area is 246 Å². The van der Waals surface area contributed by atoms with E-state index in [1.165, 1.54) is 0 Å². The van der Waals surface area contributed by atoms with Gasteiger partial charge in [-0.2, -0.15) is 0 Å². The molecule has 0 atom stereocenters. The number of pyridine rings is 1. The van der Waals surface area contributed by atoms with Crippen LogP contribution in [0.2, 0.25) is 5.02 Å². The van der Waals surface area contributed by atoms with E-state index in [1.54, 1.807) is 12.0 Å². The van der Waals surface area contributed by atoms with E-state index in [4.69, 9.17) is 30.8 Å². The van der Waals surface area contributed by atoms with Gasteiger partial charge in [0, 0.05) is 38.1 Å². The molecule has 9 nitrogen and oxygen atoms in total. The van der Waals surface area contributed by atoms with Crippen LogP contribution in [0, 0.1) is 0 Å². The van der Waals surface area contributed by atoms with Crippen molar-refractivity contribution < 1.29 is 23.8 Å². The molecule has 0 radical (unpaired) electrons. The Morgan fingerprint density at radius 3 is 2.22 bits per heavy atom. The van der Waals surface area contributed by atoms with Gasteiger partial charge in [-0.15, -0.1) is 0 Å². The van der Waals surface area contributed by atoms with E-state index < -0.39 is 17.3 Å². The summed E-state index contributed by atoms with van der Waals surface area (Å²) in [5.41, 5.74) is 2.50. The van der Waals surface area contributed by atoms with Crippen molar-refractivity contribution in [2.45, 2.75) is 59.3 Å². The molecular weight excluding hydrogens is 544 g/mol. The van der Waals surface area contributed by atoms with Crippen LogP contribution in [0.1, 0.15) is 47.1 Å². The molecule has 1 saturated heterocycles. The standard InChI is InChI=1S/C31H39ClN4O5/c1-30(2,3)40-28(37)33-19-20-14-22(17-24(15-20)39-7)21-8-9-26-23(16-21)18-25(32)27(34-26)35-10-12-36(13-11-35)29(38)41-31(4,5)6/h8-9,14-18H,10-13,19H2,1-7H3,(H,33,37). The van der Waals surface area contributed by atoms with Crippen molar-refractivity contribution in [3.05, 3.63) is 53.1 Å². The number of nitrogens with zero attached hydrogens (tertiary/aromatic N) is 3. The average molecular weight is 583 g/mol. The van der Waals surface area contributed by atoms with Crippen LogP contribution in [0.25, 0.3) is 22.0 Å². The fourth-order valence-electron chi connectivity index (χ4n) is 4.50. The first-order valence-electron chi connectivity index (χ1n) is 13.7. The minimum absolute atomic E-state index is 0.296. The van der Waals surface area contributed by atoms with Gasteiger partial charge in [0.1, 0.15) is 22.8 Å². The van der Waals surface area contributed by atoms with Crippen LogP contribution in [-0.4, -0.2) is 66.6 Å². The summed E-state index contributed by atoms with van der Waals surface area (Å²) >= 11 is 6.73. The predicted octanol–water partition coefficient (Wildman–Crippen LogP) is 6.65. The third-order valence-electron chi connectivity index (χ3n) is 6.35. The molecule has 0 bridgehead atoms. The molecule has 41 heavy (non-hydrogen) atoms. The monoisotopic (exact) mass is 582 g/mol. The maximum Gasteiger partial charge on any atom is 0.410 e. The molecule has 2 aromatic carbocycles. The summed E-state index contributed by atoms with van der Waals surface area (Å²) < 4.78 is 16.4. The molecule has 1 aliphatic rings. The van der Waals surface area contributed by atoms with Crippen LogP contribution >= 0.6 is 11.6 Å². The number of fused-ring (bicyclic) bond motifs is 1. The van der Waals surface area contributed by atoms with Crippen molar-refractivity contribution in [3.8, 4) is 16.9 Å². The molecule has 1 fully saturated rings. The normalized spacial score (nSPS) is 14.1. The lowest BCUT2D eigenvalue weighted by Crippen LogP contribution is -2.50. The largest absolute Gasteiger partial charge is 0.497 e. The highest BCUT2D eigenvalue weighted by Gasteiger charge is 2.27. The number of hydrogen-bond donors (Lipinski definition) is 1. The van der Waals surface area contributed by atoms with Gasteiger partial charge in [-0.05, 0) is 94.6 Å². The fourth-order valence-corrected chi connectivity index (χ4v) is 4.78. The summed E-state index contributed by atoms with van der Waals surface area (Å²) in [7, 11) is 1.61. The summed E-state index contributed by atoms with van der Waals surface area (Å²) in [4.78, 5) is 33.3. The van der Waals surface area contributed by atoms with Crippen molar-refractivity contribution in [2.24, 2.45) is 0 Å². The highest BCUT2D eigenvalue weighted by atomic mass is 35.5. The second-order valence-corrected chi connectivity index (χ2v) is 12.5. The Bertz CT molecular complexity index is 1420. The highest BCUT2D eigenvalue weighted by molar-refractivity contribution is 6.33. The Morgan fingerprint density at radius 2 is 1.59 bits per heavy atom. The second kappa shape index (κ2) is 12.0. The first-order chi connectivity index (χ1) is 19.2. The third kappa shape index (κ3) is 8.16. The van der Waals surface area contributed by atoms with E-state index in [0.717, 1.165) is 27.6 Å². The Hall–Kier alpha value is -3.72. The number of nitrogens with one attached hydrogen (secondary N) is 1. The molecule has 0 aliphatic carbocycles. The van der Waals surface area contributed by atoms with Gasteiger partial charge in [-0.3, -0.25) is 0 Å². The Kier molecular flexibility index (Phi) is 8.87. The van der Waals surface area contributed by atoms with Gasteiger partial charge in [0.25, 0.3) is 0 Å². The van der Waals surface area contributed by atoms with Gasteiger partial charge in [0.05, 0.1) is 17.6 Å². The van der Waals surface area contributed by atoms with E-state index in [1.807, 2.05) is 84.0 Å². The van der Waals surface area contributed by atoms with E-state index in [9.17, 15) is 9.59 Å². The van der Waals surface area contributed by atoms with E-state index >= 15 is 0 Å². The molecule has 1 aliphatic heterocycles. The number of carbonyl (C=O) groups excluding carboxylic acids is 2. The smallest absolute Gasteiger partial charge is 0.410 e. The minimum Gasteiger partial charge on any atom is -0.497 e. The number of carbonyl (C=O) groups is 2. The van der Waals surface area contributed by atoms with Gasteiger partial charge in [-0.1, -0.05) is 17.7 Å². The van der Waals surface area contributed by atoms with Gasteiger partial charge < -0.3 is 29.3 Å². The molecule has 2 heterocycles. The molecule has 2 amide bonds. The number of benzene rings is 2. The zero-order valence-electron chi connectivity index (χ0n) is 24.8. The first kappa shape index (κ1) is 30.2. The fraction of sp³-hybridized carbons (Fsp3) is 0.452. The molecule has 0 spiro atoms. The summed E-state index contributed by atoms with van der Waals surface area (Å²) in [5, 5.41) is 4.25. The maximum absolute atomic E-state index is 12.4. The van der Waals surface area contributed by atoms with E-state index in [-0.39, 0.29) is 6.09 Å². The number of hydrogen-bond acceptors (Lipinski definition) is 7. The van der Waals surface area contributed by atoms with Crippen LogP contribution in [-0.2, 0) is 16.0 Å². The van der Waals surface area contributed by atoms with Crippen molar-refractivity contribution in [1.82, 2.24) is 15.2 Å². The van der Waals surface area contributed by atoms with Gasteiger partial charge in [-0.25, -0.2) is 14.6 Å². The summed E-state index contributed by atoms with van der Waals surface area (Å²) in [6.45, 7) is 13.7. The first-order valence-corrected chi connectivity index (χ1v) is 14.1. The topological polar surface area (TPSA) is 93.2 Å². The minimum atomic E-state index is -0.571. The van der Waals surface area contributed by atoms with Gasteiger partial charge >= 0.3 is 12.2 Å². The lowest BCUT2D eigenvalue weighted by molar-refractivity contribution is 0.0240. The molecular formula is C31H39ClN4O5.